The topological polar surface area (TPSA) is 35.6 Å². The second-order valence-corrected chi connectivity index (χ2v) is 5.00. The van der Waals surface area contributed by atoms with Gasteiger partial charge in [0.1, 0.15) is 11.0 Å². The van der Waals surface area contributed by atoms with Crippen molar-refractivity contribution in [2.75, 3.05) is 0 Å². The van der Waals surface area contributed by atoms with Crippen LogP contribution in [0.15, 0.2) is 54.7 Å². The molecule has 0 saturated carbocycles. The van der Waals surface area contributed by atoms with Crippen LogP contribution in [0.25, 0.3) is 21.9 Å². The van der Waals surface area contributed by atoms with Crippen LogP contribution in [0.5, 0.6) is 0 Å². The van der Waals surface area contributed by atoms with E-state index in [0.29, 0.717) is 6.54 Å². The molecule has 0 aliphatic rings. The molecule has 98 valence electrons. The average molecular weight is 262 g/mol. The fourth-order valence-corrected chi connectivity index (χ4v) is 2.68. The molecule has 0 fully saturated rings. The molecule has 0 bridgehead atoms. The first-order valence-corrected chi connectivity index (χ1v) is 6.64. The monoisotopic (exact) mass is 262 g/mol. The number of aromatic nitrogens is 4. The van der Waals surface area contributed by atoms with E-state index in [9.17, 15) is 0 Å². The molecule has 0 aliphatic carbocycles. The van der Waals surface area contributed by atoms with Gasteiger partial charge >= 0.3 is 0 Å². The highest BCUT2D eigenvalue weighted by Gasteiger charge is 2.08. The predicted molar refractivity (Wildman–Crippen MR) is 79.5 cm³/mol. The third kappa shape index (κ3) is 1.69. The Morgan fingerprint density at radius 2 is 1.55 bits per heavy atom. The quantitative estimate of drug-likeness (QED) is 0.556. The number of para-hydroxylation sites is 1. The van der Waals surface area contributed by atoms with E-state index in [1.165, 1.54) is 16.5 Å². The van der Waals surface area contributed by atoms with Crippen LogP contribution in [0.4, 0.5) is 0 Å². The summed E-state index contributed by atoms with van der Waals surface area (Å²) in [7, 11) is 2.07. The van der Waals surface area contributed by atoms with Gasteiger partial charge in [-0.1, -0.05) is 30.3 Å². The number of nitrogens with zero attached hydrogens (tertiary/aromatic N) is 4. The highest BCUT2D eigenvalue weighted by Crippen LogP contribution is 2.21. The van der Waals surface area contributed by atoms with Crippen LogP contribution in [0.2, 0.25) is 0 Å². The third-order valence-corrected chi connectivity index (χ3v) is 3.62. The maximum absolute atomic E-state index is 4.52. The molecule has 0 atom stereocenters. The SMILES string of the molecule is Cn1cc(Cn2nc3ccccc3n2)c2ccccc21. The lowest BCUT2D eigenvalue weighted by Crippen LogP contribution is -2.03. The lowest BCUT2D eigenvalue weighted by Gasteiger charge is -1.97. The van der Waals surface area contributed by atoms with Crippen molar-refractivity contribution in [1.29, 1.82) is 0 Å². The Balaban J connectivity index is 1.80. The van der Waals surface area contributed by atoms with E-state index in [1.807, 2.05) is 24.3 Å². The van der Waals surface area contributed by atoms with Gasteiger partial charge in [-0.2, -0.15) is 15.0 Å². The summed E-state index contributed by atoms with van der Waals surface area (Å²) in [5.41, 5.74) is 4.35. The number of benzene rings is 2. The fraction of sp³-hybridized carbons (Fsp3) is 0.125. The standard InChI is InChI=1S/C16H14N4/c1-19-10-12(13-6-2-5-9-16(13)19)11-20-17-14-7-3-4-8-15(14)18-20/h2-10H,11H2,1H3. The minimum Gasteiger partial charge on any atom is -0.350 e. The summed E-state index contributed by atoms with van der Waals surface area (Å²) in [6, 6.07) is 16.4. The Kier molecular flexibility index (Phi) is 2.36. The van der Waals surface area contributed by atoms with E-state index in [4.69, 9.17) is 0 Å². The first-order chi connectivity index (χ1) is 9.81. The van der Waals surface area contributed by atoms with Crippen molar-refractivity contribution in [2.24, 2.45) is 7.05 Å². The lowest BCUT2D eigenvalue weighted by molar-refractivity contribution is 0.602. The number of hydrogen-bond acceptors (Lipinski definition) is 2. The highest BCUT2D eigenvalue weighted by molar-refractivity contribution is 5.83. The van der Waals surface area contributed by atoms with Crippen molar-refractivity contribution in [1.82, 2.24) is 19.6 Å². The van der Waals surface area contributed by atoms with Gasteiger partial charge in [0, 0.05) is 29.7 Å². The maximum atomic E-state index is 4.52. The van der Waals surface area contributed by atoms with Crippen molar-refractivity contribution in [3.8, 4) is 0 Å². The van der Waals surface area contributed by atoms with E-state index in [-0.39, 0.29) is 0 Å². The third-order valence-electron chi connectivity index (χ3n) is 3.62. The second kappa shape index (κ2) is 4.20. The van der Waals surface area contributed by atoms with Crippen molar-refractivity contribution < 1.29 is 0 Å². The van der Waals surface area contributed by atoms with Gasteiger partial charge in [-0.15, -0.1) is 0 Å². The minimum atomic E-state index is 0.691. The molecule has 20 heavy (non-hydrogen) atoms. The number of hydrogen-bond donors (Lipinski definition) is 0. The van der Waals surface area contributed by atoms with Crippen molar-refractivity contribution in [3.05, 3.63) is 60.3 Å². The summed E-state index contributed by atoms with van der Waals surface area (Å²) >= 11 is 0. The van der Waals surface area contributed by atoms with Crippen LogP contribution in [0, 0.1) is 0 Å². The van der Waals surface area contributed by atoms with Gasteiger partial charge in [0.05, 0.1) is 6.54 Å². The van der Waals surface area contributed by atoms with Crippen LogP contribution < -0.4 is 0 Å². The highest BCUT2D eigenvalue weighted by atomic mass is 15.5. The molecule has 0 unspecified atom stereocenters. The number of fused-ring (bicyclic) bond motifs is 2. The Morgan fingerprint density at radius 3 is 2.30 bits per heavy atom. The molecule has 0 N–H and O–H groups in total. The smallest absolute Gasteiger partial charge is 0.113 e. The zero-order valence-electron chi connectivity index (χ0n) is 11.2. The Labute approximate surface area is 116 Å². The molecule has 0 amide bonds. The number of aryl methyl sites for hydroxylation is 1. The van der Waals surface area contributed by atoms with Gasteiger partial charge < -0.3 is 4.57 Å². The molecule has 4 aromatic rings. The van der Waals surface area contributed by atoms with Gasteiger partial charge in [0.15, 0.2) is 0 Å². The summed E-state index contributed by atoms with van der Waals surface area (Å²) in [5.74, 6) is 0. The lowest BCUT2D eigenvalue weighted by atomic mass is 10.2. The molecule has 0 spiro atoms. The summed E-state index contributed by atoms with van der Waals surface area (Å²) < 4.78 is 2.15. The van der Waals surface area contributed by atoms with E-state index < -0.39 is 0 Å². The normalized spacial score (nSPS) is 11.4. The minimum absolute atomic E-state index is 0.691. The van der Waals surface area contributed by atoms with Gasteiger partial charge in [0.2, 0.25) is 0 Å². The fourth-order valence-electron chi connectivity index (χ4n) is 2.68. The van der Waals surface area contributed by atoms with Gasteiger partial charge in [-0.3, -0.25) is 0 Å². The van der Waals surface area contributed by atoms with Gasteiger partial charge in [0.25, 0.3) is 0 Å². The summed E-state index contributed by atoms with van der Waals surface area (Å²) in [6.45, 7) is 0.691. The molecule has 0 saturated heterocycles. The van der Waals surface area contributed by atoms with E-state index in [1.54, 1.807) is 4.80 Å². The summed E-state index contributed by atoms with van der Waals surface area (Å²) in [6.07, 6.45) is 2.15. The van der Waals surface area contributed by atoms with Crippen LogP contribution in [-0.4, -0.2) is 19.6 Å². The maximum Gasteiger partial charge on any atom is 0.113 e. The molecule has 2 aromatic heterocycles. The predicted octanol–water partition coefficient (Wildman–Crippen LogP) is 2.97. The second-order valence-electron chi connectivity index (χ2n) is 5.00. The molecule has 4 nitrogen and oxygen atoms in total. The molecular weight excluding hydrogens is 248 g/mol. The summed E-state index contributed by atoms with van der Waals surface area (Å²) in [4.78, 5) is 1.77. The van der Waals surface area contributed by atoms with Crippen LogP contribution in [0.1, 0.15) is 5.56 Å². The molecule has 2 aromatic carbocycles. The van der Waals surface area contributed by atoms with Crippen molar-refractivity contribution in [3.63, 3.8) is 0 Å². The molecule has 4 rings (SSSR count). The van der Waals surface area contributed by atoms with Crippen LogP contribution >= 0.6 is 0 Å². The average Bonchev–Trinajstić information content (AvgIpc) is 3.01. The van der Waals surface area contributed by atoms with E-state index in [2.05, 4.69) is 52.3 Å². The van der Waals surface area contributed by atoms with Crippen molar-refractivity contribution in [2.45, 2.75) is 6.54 Å². The van der Waals surface area contributed by atoms with Crippen molar-refractivity contribution >= 4 is 21.9 Å². The summed E-state index contributed by atoms with van der Waals surface area (Å²) in [5, 5.41) is 10.3. The Bertz CT molecular complexity index is 868. The largest absolute Gasteiger partial charge is 0.350 e. The molecular formula is C16H14N4. The molecule has 0 aliphatic heterocycles. The Hall–Kier alpha value is -2.62. The van der Waals surface area contributed by atoms with E-state index in [0.717, 1.165) is 11.0 Å². The van der Waals surface area contributed by atoms with E-state index >= 15 is 0 Å². The Morgan fingerprint density at radius 1 is 0.900 bits per heavy atom. The molecule has 4 heteroatoms. The molecule has 0 radical (unpaired) electrons. The van der Waals surface area contributed by atoms with Crippen LogP contribution in [0.3, 0.4) is 0 Å². The molecule has 2 heterocycles. The first-order valence-electron chi connectivity index (χ1n) is 6.64. The first kappa shape index (κ1) is 11.2. The zero-order valence-corrected chi connectivity index (χ0v) is 11.2. The zero-order chi connectivity index (χ0) is 13.5. The van der Waals surface area contributed by atoms with Crippen LogP contribution in [-0.2, 0) is 13.6 Å². The van der Waals surface area contributed by atoms with Gasteiger partial charge in [-0.05, 0) is 18.2 Å². The van der Waals surface area contributed by atoms with Gasteiger partial charge in [-0.25, -0.2) is 0 Å². The number of rotatable bonds is 2.